The topological polar surface area (TPSA) is 52.0 Å². The first-order chi connectivity index (χ1) is 9.25. The van der Waals surface area contributed by atoms with Crippen LogP contribution in [-0.4, -0.2) is 5.16 Å². The van der Waals surface area contributed by atoms with Crippen molar-refractivity contribution in [1.82, 2.24) is 5.16 Å². The summed E-state index contributed by atoms with van der Waals surface area (Å²) in [6.45, 7) is 1.80. The number of rotatable bonds is 2. The summed E-state index contributed by atoms with van der Waals surface area (Å²) in [6.07, 6.45) is 3.89. The predicted octanol–water partition coefficient (Wildman–Crippen LogP) is 3.89. The Hall–Kier alpha value is -2.55. The fourth-order valence-electron chi connectivity index (χ4n) is 2.08. The van der Waals surface area contributed by atoms with Gasteiger partial charge >= 0.3 is 0 Å². The van der Waals surface area contributed by atoms with Crippen molar-refractivity contribution < 1.29 is 4.52 Å². The first-order valence-corrected chi connectivity index (χ1v) is 6.13. The number of nitrogens with zero attached hydrogens (tertiary/aromatic N) is 1. The average molecular weight is 250 g/mol. The lowest BCUT2D eigenvalue weighted by molar-refractivity contribution is 0.397. The van der Waals surface area contributed by atoms with Gasteiger partial charge in [-0.2, -0.15) is 0 Å². The number of hydrogen-bond donors (Lipinski definition) is 1. The summed E-state index contributed by atoms with van der Waals surface area (Å²) < 4.78 is 5.04. The van der Waals surface area contributed by atoms with E-state index >= 15 is 0 Å². The molecule has 19 heavy (non-hydrogen) atoms. The van der Waals surface area contributed by atoms with E-state index in [1.54, 1.807) is 6.92 Å². The molecule has 3 aromatic rings. The lowest BCUT2D eigenvalue weighted by Crippen LogP contribution is -1.87. The quantitative estimate of drug-likeness (QED) is 0.750. The molecule has 2 N–H and O–H groups in total. The highest BCUT2D eigenvalue weighted by Crippen LogP contribution is 2.22. The second-order valence-electron chi connectivity index (χ2n) is 4.44. The van der Waals surface area contributed by atoms with Crippen molar-refractivity contribution >= 4 is 28.6 Å². The summed E-state index contributed by atoms with van der Waals surface area (Å²) in [5.41, 5.74) is 8.27. The Morgan fingerprint density at radius 2 is 1.84 bits per heavy atom. The number of hydrogen-bond acceptors (Lipinski definition) is 3. The summed E-state index contributed by atoms with van der Waals surface area (Å²) in [6, 6.07) is 14.5. The van der Waals surface area contributed by atoms with E-state index in [0.29, 0.717) is 17.1 Å². The molecule has 0 aliphatic heterocycles. The third-order valence-electron chi connectivity index (χ3n) is 3.18. The van der Waals surface area contributed by atoms with Crippen LogP contribution in [0.15, 0.2) is 47.0 Å². The lowest BCUT2D eigenvalue weighted by Gasteiger charge is -2.01. The fourth-order valence-corrected chi connectivity index (χ4v) is 2.08. The van der Waals surface area contributed by atoms with Crippen LogP contribution in [0.3, 0.4) is 0 Å². The van der Waals surface area contributed by atoms with Gasteiger partial charge in [0, 0.05) is 0 Å². The summed E-state index contributed by atoms with van der Waals surface area (Å²) in [7, 11) is 0. The monoisotopic (exact) mass is 250 g/mol. The van der Waals surface area contributed by atoms with Crippen LogP contribution < -0.4 is 5.73 Å². The zero-order chi connectivity index (χ0) is 13.2. The van der Waals surface area contributed by atoms with Gasteiger partial charge in [0.25, 0.3) is 0 Å². The van der Waals surface area contributed by atoms with Crippen molar-refractivity contribution in [2.75, 3.05) is 5.73 Å². The summed E-state index contributed by atoms with van der Waals surface area (Å²) in [5.74, 6) is 0.651. The smallest absolute Gasteiger partial charge is 0.157 e. The van der Waals surface area contributed by atoms with Gasteiger partial charge in [0.2, 0.25) is 0 Å². The number of fused-ring (bicyclic) bond motifs is 1. The van der Waals surface area contributed by atoms with Crippen molar-refractivity contribution in [3.63, 3.8) is 0 Å². The number of aryl methyl sites for hydroxylation is 1. The van der Waals surface area contributed by atoms with Crippen LogP contribution >= 0.6 is 0 Å². The van der Waals surface area contributed by atoms with Crippen molar-refractivity contribution in [1.29, 1.82) is 0 Å². The van der Waals surface area contributed by atoms with E-state index in [2.05, 4.69) is 29.4 Å². The van der Waals surface area contributed by atoms with Crippen molar-refractivity contribution in [2.24, 2.45) is 0 Å². The normalized spacial score (nSPS) is 11.4. The predicted molar refractivity (Wildman–Crippen MR) is 78.5 cm³/mol. The maximum Gasteiger partial charge on any atom is 0.157 e. The van der Waals surface area contributed by atoms with E-state index in [1.807, 2.05) is 30.4 Å². The minimum atomic E-state index is 0.594. The molecule has 0 atom stereocenters. The number of benzene rings is 2. The van der Waals surface area contributed by atoms with Crippen LogP contribution in [0.25, 0.3) is 22.9 Å². The van der Waals surface area contributed by atoms with Gasteiger partial charge in [0.05, 0.1) is 0 Å². The van der Waals surface area contributed by atoms with Gasteiger partial charge in [-0.05, 0) is 29.3 Å². The number of nitrogen functional groups attached to an aromatic ring is 1. The van der Waals surface area contributed by atoms with Crippen LogP contribution in [0.4, 0.5) is 5.69 Å². The van der Waals surface area contributed by atoms with Crippen molar-refractivity contribution in [3.05, 3.63) is 59.5 Å². The van der Waals surface area contributed by atoms with E-state index in [-0.39, 0.29) is 0 Å². The third-order valence-corrected chi connectivity index (χ3v) is 3.18. The molecule has 1 aromatic heterocycles. The van der Waals surface area contributed by atoms with E-state index in [0.717, 1.165) is 5.56 Å². The van der Waals surface area contributed by atoms with Gasteiger partial charge in [-0.3, -0.25) is 0 Å². The standard InChI is InChI=1S/C16H14N2O/c1-11-16(17)15(18-19-11)10-9-13-7-4-6-12-5-2-3-8-14(12)13/h2-10H,17H2,1H3/b10-9+. The van der Waals surface area contributed by atoms with E-state index in [9.17, 15) is 0 Å². The van der Waals surface area contributed by atoms with Crippen molar-refractivity contribution in [3.8, 4) is 0 Å². The van der Waals surface area contributed by atoms with Gasteiger partial charge in [-0.25, -0.2) is 0 Å². The highest BCUT2D eigenvalue weighted by atomic mass is 16.5. The SMILES string of the molecule is Cc1onc(/C=C/c2cccc3ccccc23)c1N. The van der Waals surface area contributed by atoms with Gasteiger partial charge < -0.3 is 10.3 Å². The molecular weight excluding hydrogens is 236 g/mol. The fraction of sp³-hybridized carbons (Fsp3) is 0.0625. The molecule has 0 spiro atoms. The highest BCUT2D eigenvalue weighted by Gasteiger charge is 2.05. The summed E-state index contributed by atoms with van der Waals surface area (Å²) in [5, 5.41) is 6.35. The Balaban J connectivity index is 2.04. The zero-order valence-electron chi connectivity index (χ0n) is 10.6. The lowest BCUT2D eigenvalue weighted by atomic mass is 10.0. The summed E-state index contributed by atoms with van der Waals surface area (Å²) >= 11 is 0. The van der Waals surface area contributed by atoms with Crippen LogP contribution in [0.2, 0.25) is 0 Å². The molecule has 0 aliphatic carbocycles. The molecule has 0 bridgehead atoms. The molecule has 0 aliphatic rings. The van der Waals surface area contributed by atoms with Crippen LogP contribution in [-0.2, 0) is 0 Å². The Morgan fingerprint density at radius 3 is 2.63 bits per heavy atom. The first-order valence-electron chi connectivity index (χ1n) is 6.13. The molecule has 3 rings (SSSR count). The number of aromatic nitrogens is 1. The van der Waals surface area contributed by atoms with Gasteiger partial charge in [0.15, 0.2) is 5.76 Å². The minimum Gasteiger partial charge on any atom is -0.394 e. The second-order valence-corrected chi connectivity index (χ2v) is 4.44. The largest absolute Gasteiger partial charge is 0.394 e. The molecule has 3 nitrogen and oxygen atoms in total. The van der Waals surface area contributed by atoms with Crippen molar-refractivity contribution in [2.45, 2.75) is 6.92 Å². The van der Waals surface area contributed by atoms with Gasteiger partial charge in [-0.15, -0.1) is 0 Å². The van der Waals surface area contributed by atoms with E-state index in [4.69, 9.17) is 10.3 Å². The maximum absolute atomic E-state index is 5.87. The number of nitrogens with two attached hydrogens (primary N) is 1. The summed E-state index contributed by atoms with van der Waals surface area (Å²) in [4.78, 5) is 0. The highest BCUT2D eigenvalue weighted by molar-refractivity contribution is 5.93. The Labute approximate surface area is 111 Å². The van der Waals surface area contributed by atoms with Crippen LogP contribution in [0.5, 0.6) is 0 Å². The molecule has 0 unspecified atom stereocenters. The molecule has 1 heterocycles. The molecule has 2 aromatic carbocycles. The molecule has 0 saturated carbocycles. The molecule has 0 amide bonds. The second kappa shape index (κ2) is 4.61. The maximum atomic E-state index is 5.87. The molecule has 3 heteroatoms. The molecule has 0 fully saturated rings. The number of anilines is 1. The average Bonchev–Trinajstić information content (AvgIpc) is 2.76. The minimum absolute atomic E-state index is 0.594. The Bertz CT molecular complexity index is 751. The third kappa shape index (κ3) is 2.10. The van der Waals surface area contributed by atoms with E-state index < -0.39 is 0 Å². The zero-order valence-corrected chi connectivity index (χ0v) is 10.6. The van der Waals surface area contributed by atoms with Crippen LogP contribution in [0.1, 0.15) is 17.0 Å². The van der Waals surface area contributed by atoms with Gasteiger partial charge in [0.1, 0.15) is 11.4 Å². The molecule has 0 radical (unpaired) electrons. The first kappa shape index (κ1) is 11.5. The van der Waals surface area contributed by atoms with E-state index in [1.165, 1.54) is 10.8 Å². The molecular formula is C16H14N2O. The Morgan fingerprint density at radius 1 is 1.05 bits per heavy atom. The van der Waals surface area contributed by atoms with Crippen LogP contribution in [0, 0.1) is 6.92 Å². The van der Waals surface area contributed by atoms with Gasteiger partial charge in [-0.1, -0.05) is 53.7 Å². The molecule has 94 valence electrons. The Kier molecular flexibility index (Phi) is 2.80. The molecule has 0 saturated heterocycles.